The highest BCUT2D eigenvalue weighted by molar-refractivity contribution is 5.28. The van der Waals surface area contributed by atoms with Gasteiger partial charge in [0.1, 0.15) is 0 Å². The Bertz CT molecular complexity index is 645. The second-order valence-corrected chi connectivity index (χ2v) is 6.56. The first-order valence-electron chi connectivity index (χ1n) is 8.28. The normalized spacial score (nSPS) is 28.2. The van der Waals surface area contributed by atoms with E-state index in [1.807, 2.05) is 48.5 Å². The fourth-order valence-corrected chi connectivity index (χ4v) is 2.93. The Morgan fingerprint density at radius 2 is 1.17 bits per heavy atom. The van der Waals surface area contributed by atoms with E-state index in [-0.39, 0.29) is 0 Å². The molecule has 1 aliphatic rings. The lowest BCUT2D eigenvalue weighted by molar-refractivity contribution is -0.200. The summed E-state index contributed by atoms with van der Waals surface area (Å²) < 4.78 is 11.4. The van der Waals surface area contributed by atoms with Crippen LogP contribution >= 0.6 is 0 Å². The van der Waals surface area contributed by atoms with Gasteiger partial charge in [-0.1, -0.05) is 48.5 Å². The van der Waals surface area contributed by atoms with E-state index < -0.39 is 11.6 Å². The molecule has 2 aromatic carbocycles. The Hall–Kier alpha value is -1.72. The Kier molecular flexibility index (Phi) is 4.74. The highest BCUT2D eigenvalue weighted by atomic mass is 16.6. The molecule has 2 atom stereocenters. The molecule has 4 heteroatoms. The van der Waals surface area contributed by atoms with E-state index in [9.17, 15) is 10.2 Å². The predicted molar refractivity (Wildman–Crippen MR) is 91.3 cm³/mol. The summed E-state index contributed by atoms with van der Waals surface area (Å²) in [5.74, 6) is -2.66. The first-order valence-corrected chi connectivity index (χ1v) is 8.28. The van der Waals surface area contributed by atoms with Crippen LogP contribution in [-0.4, -0.2) is 23.4 Å². The second-order valence-electron chi connectivity index (χ2n) is 6.56. The Labute approximate surface area is 142 Å². The molecule has 0 aliphatic carbocycles. The van der Waals surface area contributed by atoms with Crippen LogP contribution in [0.25, 0.3) is 0 Å². The lowest BCUT2D eigenvalue weighted by Crippen LogP contribution is -2.28. The number of rotatable bonds is 0. The Balaban J connectivity index is 1.91. The highest BCUT2D eigenvalue weighted by Gasteiger charge is 2.26. The number of hydrogen-bond donors (Lipinski definition) is 2. The zero-order valence-corrected chi connectivity index (χ0v) is 14.2. The molecular weight excluding hydrogens is 304 g/mol. The lowest BCUT2D eigenvalue weighted by atomic mass is 10.0. The molecule has 1 heterocycles. The molecule has 4 bridgehead atoms. The molecule has 0 saturated carbocycles. The van der Waals surface area contributed by atoms with Crippen LogP contribution in [0.1, 0.15) is 36.1 Å². The quantitative estimate of drug-likeness (QED) is 0.781. The molecule has 0 spiro atoms. The van der Waals surface area contributed by atoms with Gasteiger partial charge < -0.3 is 19.7 Å². The minimum atomic E-state index is -1.33. The minimum Gasteiger partial charge on any atom is -0.362 e. The van der Waals surface area contributed by atoms with Crippen LogP contribution in [0.3, 0.4) is 0 Å². The minimum absolute atomic E-state index is 0.379. The summed E-state index contributed by atoms with van der Waals surface area (Å²) in [7, 11) is 0. The van der Waals surface area contributed by atoms with Crippen molar-refractivity contribution in [3.8, 4) is 0 Å². The van der Waals surface area contributed by atoms with Crippen molar-refractivity contribution in [1.82, 2.24) is 0 Å². The van der Waals surface area contributed by atoms with Crippen LogP contribution in [-0.2, 0) is 33.9 Å². The Morgan fingerprint density at radius 1 is 0.750 bits per heavy atom. The SMILES string of the molecule is CC1(O)OCCc2cccc(c2)C(C)(O)OCCc2cccc1c2. The number of benzene rings is 2. The topological polar surface area (TPSA) is 58.9 Å². The molecule has 4 nitrogen and oxygen atoms in total. The van der Waals surface area contributed by atoms with E-state index in [0.29, 0.717) is 26.1 Å². The van der Waals surface area contributed by atoms with Crippen LogP contribution in [0.2, 0.25) is 0 Å². The molecular formula is C20H24O4. The smallest absolute Gasteiger partial charge is 0.189 e. The van der Waals surface area contributed by atoms with Gasteiger partial charge in [0.2, 0.25) is 0 Å². The van der Waals surface area contributed by atoms with E-state index >= 15 is 0 Å². The average Bonchev–Trinajstić information content (AvgIpc) is 2.54. The maximum atomic E-state index is 10.6. The second kappa shape index (κ2) is 6.65. The van der Waals surface area contributed by atoms with Gasteiger partial charge in [0.15, 0.2) is 11.6 Å². The average molecular weight is 328 g/mol. The molecule has 128 valence electrons. The molecule has 0 fully saturated rings. The van der Waals surface area contributed by atoms with Gasteiger partial charge in [-0.25, -0.2) is 0 Å². The number of hydrogen-bond acceptors (Lipinski definition) is 4. The van der Waals surface area contributed by atoms with E-state index in [2.05, 4.69) is 0 Å². The van der Waals surface area contributed by atoms with Crippen LogP contribution in [0.4, 0.5) is 0 Å². The first-order chi connectivity index (χ1) is 11.4. The molecule has 3 rings (SSSR count). The maximum absolute atomic E-state index is 10.6. The van der Waals surface area contributed by atoms with E-state index in [4.69, 9.17) is 9.47 Å². The number of fused-ring (bicyclic) bond motifs is 4. The fraction of sp³-hybridized carbons (Fsp3) is 0.400. The van der Waals surface area contributed by atoms with Gasteiger partial charge in [-0.15, -0.1) is 0 Å². The zero-order chi connectivity index (χ0) is 17.2. The highest BCUT2D eigenvalue weighted by Crippen LogP contribution is 2.26. The molecule has 1 aliphatic heterocycles. The van der Waals surface area contributed by atoms with E-state index in [1.54, 1.807) is 13.8 Å². The van der Waals surface area contributed by atoms with Crippen molar-refractivity contribution < 1.29 is 19.7 Å². The van der Waals surface area contributed by atoms with Crippen molar-refractivity contribution in [2.24, 2.45) is 0 Å². The third-order valence-electron chi connectivity index (χ3n) is 4.47. The van der Waals surface area contributed by atoms with Crippen molar-refractivity contribution in [2.45, 2.75) is 38.3 Å². The van der Waals surface area contributed by atoms with Crippen LogP contribution in [0.5, 0.6) is 0 Å². The molecule has 2 aromatic rings. The van der Waals surface area contributed by atoms with Gasteiger partial charge in [0.05, 0.1) is 13.2 Å². The van der Waals surface area contributed by atoms with Crippen molar-refractivity contribution in [3.63, 3.8) is 0 Å². The van der Waals surface area contributed by atoms with Gasteiger partial charge in [-0.3, -0.25) is 0 Å². The summed E-state index contributed by atoms with van der Waals surface area (Å²) >= 11 is 0. The summed E-state index contributed by atoms with van der Waals surface area (Å²) in [5, 5.41) is 21.2. The molecule has 0 aromatic heterocycles. The van der Waals surface area contributed by atoms with Gasteiger partial charge >= 0.3 is 0 Å². The van der Waals surface area contributed by atoms with Crippen molar-refractivity contribution in [1.29, 1.82) is 0 Å². The van der Waals surface area contributed by atoms with Crippen LogP contribution < -0.4 is 0 Å². The van der Waals surface area contributed by atoms with Gasteiger partial charge in [-0.05, 0) is 37.8 Å². The summed E-state index contributed by atoms with van der Waals surface area (Å²) in [4.78, 5) is 0. The summed E-state index contributed by atoms with van der Waals surface area (Å²) in [6, 6.07) is 15.3. The third kappa shape index (κ3) is 3.84. The van der Waals surface area contributed by atoms with E-state index in [0.717, 1.165) is 22.3 Å². The standard InChI is InChI=1S/C20H24O4/c1-19(21)17-7-3-5-15(13-17)10-12-24-20(2,22)18-8-4-6-16(14-18)9-11-23-19/h3-8,13-14,21-22H,9-12H2,1-2H3. The molecule has 0 radical (unpaired) electrons. The summed E-state index contributed by atoms with van der Waals surface area (Å²) in [5.41, 5.74) is 3.49. The van der Waals surface area contributed by atoms with Crippen molar-refractivity contribution in [3.05, 3.63) is 70.8 Å². The lowest BCUT2D eigenvalue weighted by Gasteiger charge is -2.27. The van der Waals surface area contributed by atoms with Gasteiger partial charge in [0, 0.05) is 11.1 Å². The van der Waals surface area contributed by atoms with Crippen LogP contribution in [0.15, 0.2) is 48.5 Å². The molecule has 0 amide bonds. The zero-order valence-electron chi connectivity index (χ0n) is 14.2. The van der Waals surface area contributed by atoms with E-state index in [1.165, 1.54) is 0 Å². The fourth-order valence-electron chi connectivity index (χ4n) is 2.93. The van der Waals surface area contributed by atoms with Crippen molar-refractivity contribution >= 4 is 0 Å². The largest absolute Gasteiger partial charge is 0.362 e. The summed E-state index contributed by atoms with van der Waals surface area (Å²) in [6.45, 7) is 4.08. The molecule has 2 N–H and O–H groups in total. The van der Waals surface area contributed by atoms with Gasteiger partial charge in [0.25, 0.3) is 0 Å². The first kappa shape index (κ1) is 17.1. The van der Waals surface area contributed by atoms with Crippen molar-refractivity contribution in [2.75, 3.05) is 13.2 Å². The monoisotopic (exact) mass is 328 g/mol. The molecule has 24 heavy (non-hydrogen) atoms. The third-order valence-corrected chi connectivity index (χ3v) is 4.47. The van der Waals surface area contributed by atoms with Crippen LogP contribution in [0, 0.1) is 0 Å². The Morgan fingerprint density at radius 3 is 1.58 bits per heavy atom. The predicted octanol–water partition coefficient (Wildman–Crippen LogP) is 2.85. The summed E-state index contributed by atoms with van der Waals surface area (Å²) in [6.07, 6.45) is 1.28. The molecule has 0 saturated heterocycles. The molecule has 2 unspecified atom stereocenters. The number of aliphatic hydroxyl groups is 2. The maximum Gasteiger partial charge on any atom is 0.189 e. The number of ether oxygens (including phenoxy) is 2. The van der Waals surface area contributed by atoms with Gasteiger partial charge in [-0.2, -0.15) is 0 Å².